The third-order valence-corrected chi connectivity index (χ3v) is 6.79. The molecule has 4 rings (SSSR count). The Balaban J connectivity index is 1.60. The first-order valence-electron chi connectivity index (χ1n) is 12.9. The highest BCUT2D eigenvalue weighted by Crippen LogP contribution is 2.21. The zero-order chi connectivity index (χ0) is 25.3. The number of hydrogen-bond donors (Lipinski definition) is 1. The zero-order valence-electron chi connectivity index (χ0n) is 21.3. The molecule has 1 aliphatic rings. The number of amides is 2. The lowest BCUT2D eigenvalue weighted by Crippen LogP contribution is -2.53. The molecule has 1 fully saturated rings. The molecule has 0 spiro atoms. The molecule has 3 aromatic carbocycles. The molecule has 5 nitrogen and oxygen atoms in total. The van der Waals surface area contributed by atoms with E-state index in [1.807, 2.05) is 86.6 Å². The van der Waals surface area contributed by atoms with Crippen LogP contribution in [0.25, 0.3) is 0 Å². The molecule has 0 aliphatic heterocycles. The van der Waals surface area contributed by atoms with Gasteiger partial charge in [0.2, 0.25) is 5.91 Å². The number of nitrogens with zero attached hydrogens (tertiary/aromatic N) is 1. The van der Waals surface area contributed by atoms with Crippen LogP contribution in [-0.4, -0.2) is 35.4 Å². The van der Waals surface area contributed by atoms with Gasteiger partial charge in [0.15, 0.2) is 6.61 Å². The number of benzene rings is 3. The summed E-state index contributed by atoms with van der Waals surface area (Å²) >= 11 is 0. The maximum atomic E-state index is 13.7. The van der Waals surface area contributed by atoms with Gasteiger partial charge in [0, 0.05) is 19.0 Å². The highest BCUT2D eigenvalue weighted by molar-refractivity contribution is 5.88. The molecule has 1 N–H and O–H groups in total. The summed E-state index contributed by atoms with van der Waals surface area (Å²) in [6.07, 6.45) is 4.69. The fraction of sp³-hybridized carbons (Fsp3) is 0.355. The molecule has 0 aromatic heterocycles. The van der Waals surface area contributed by atoms with Crippen molar-refractivity contribution in [3.8, 4) is 5.75 Å². The molecular formula is C31H36N2O3. The average molecular weight is 485 g/mol. The Morgan fingerprint density at radius 2 is 1.58 bits per heavy atom. The van der Waals surface area contributed by atoms with E-state index in [-0.39, 0.29) is 24.5 Å². The van der Waals surface area contributed by atoms with Crippen molar-refractivity contribution in [1.29, 1.82) is 0 Å². The minimum atomic E-state index is -0.636. The molecule has 3 aromatic rings. The second-order valence-electron chi connectivity index (χ2n) is 9.81. The summed E-state index contributed by atoms with van der Waals surface area (Å²) in [5.74, 6) is 0.334. The summed E-state index contributed by atoms with van der Waals surface area (Å²) in [7, 11) is 0. The smallest absolute Gasteiger partial charge is 0.261 e. The fourth-order valence-electron chi connectivity index (χ4n) is 4.79. The van der Waals surface area contributed by atoms with E-state index in [0.717, 1.165) is 47.9 Å². The van der Waals surface area contributed by atoms with Crippen molar-refractivity contribution in [3.05, 3.63) is 101 Å². The second-order valence-corrected chi connectivity index (χ2v) is 9.81. The quantitative estimate of drug-likeness (QED) is 0.420. The lowest BCUT2D eigenvalue weighted by Gasteiger charge is -2.32. The van der Waals surface area contributed by atoms with Crippen molar-refractivity contribution in [3.63, 3.8) is 0 Å². The lowest BCUT2D eigenvalue weighted by molar-refractivity contribution is -0.143. The molecule has 2 amide bonds. The van der Waals surface area contributed by atoms with Crippen LogP contribution in [-0.2, 0) is 22.6 Å². The van der Waals surface area contributed by atoms with Crippen LogP contribution in [0.3, 0.4) is 0 Å². The van der Waals surface area contributed by atoms with E-state index in [2.05, 4.69) is 11.4 Å². The van der Waals surface area contributed by atoms with Crippen molar-refractivity contribution in [2.24, 2.45) is 0 Å². The molecule has 1 aliphatic carbocycles. The molecule has 5 heteroatoms. The van der Waals surface area contributed by atoms with E-state index in [1.165, 1.54) is 0 Å². The Morgan fingerprint density at radius 1 is 0.889 bits per heavy atom. The first-order chi connectivity index (χ1) is 17.5. The van der Waals surface area contributed by atoms with Crippen molar-refractivity contribution in [2.75, 3.05) is 6.61 Å². The largest absolute Gasteiger partial charge is 0.484 e. The van der Waals surface area contributed by atoms with Crippen molar-refractivity contribution < 1.29 is 14.3 Å². The number of nitrogens with one attached hydrogen (secondary N) is 1. The van der Waals surface area contributed by atoms with Crippen molar-refractivity contribution >= 4 is 11.8 Å². The lowest BCUT2D eigenvalue weighted by atomic mass is 10.0. The number of rotatable bonds is 10. The summed E-state index contributed by atoms with van der Waals surface area (Å²) in [5.41, 5.74) is 4.25. The Morgan fingerprint density at radius 3 is 2.28 bits per heavy atom. The van der Waals surface area contributed by atoms with Crippen LogP contribution in [0.4, 0.5) is 0 Å². The van der Waals surface area contributed by atoms with Gasteiger partial charge in [-0.2, -0.15) is 0 Å². The minimum absolute atomic E-state index is 0.0953. The fourth-order valence-corrected chi connectivity index (χ4v) is 4.79. The Labute approximate surface area is 214 Å². The molecule has 188 valence electrons. The van der Waals surface area contributed by atoms with E-state index >= 15 is 0 Å². The SMILES string of the molecule is Cc1ccc(OCC(=O)N(Cc2cccc(C)c2)C(Cc2ccccc2)C(=O)NC2CCCC2)cc1. The summed E-state index contributed by atoms with van der Waals surface area (Å²) in [6, 6.07) is 25.2. The number of aryl methyl sites for hydroxylation is 2. The number of ether oxygens (including phenoxy) is 1. The summed E-state index contributed by atoms with van der Waals surface area (Å²) < 4.78 is 5.86. The summed E-state index contributed by atoms with van der Waals surface area (Å²) in [4.78, 5) is 29.0. The summed E-state index contributed by atoms with van der Waals surface area (Å²) in [5, 5.41) is 3.24. The van der Waals surface area contributed by atoms with Gasteiger partial charge in [-0.3, -0.25) is 9.59 Å². The molecule has 0 bridgehead atoms. The van der Waals surface area contributed by atoms with Gasteiger partial charge in [0.25, 0.3) is 5.91 Å². The van der Waals surface area contributed by atoms with Gasteiger partial charge in [-0.05, 0) is 49.9 Å². The van der Waals surface area contributed by atoms with Gasteiger partial charge in [-0.15, -0.1) is 0 Å². The minimum Gasteiger partial charge on any atom is -0.484 e. The predicted molar refractivity (Wildman–Crippen MR) is 143 cm³/mol. The van der Waals surface area contributed by atoms with E-state index in [4.69, 9.17) is 4.74 Å². The molecule has 0 saturated heterocycles. The van der Waals surface area contributed by atoms with Gasteiger partial charge >= 0.3 is 0 Å². The number of carbonyl (C=O) groups excluding carboxylic acids is 2. The molecule has 0 radical (unpaired) electrons. The van der Waals surface area contributed by atoms with Gasteiger partial charge in [-0.25, -0.2) is 0 Å². The van der Waals surface area contributed by atoms with Crippen LogP contribution >= 0.6 is 0 Å². The van der Waals surface area contributed by atoms with E-state index in [1.54, 1.807) is 4.90 Å². The molecule has 1 unspecified atom stereocenters. The van der Waals surface area contributed by atoms with Gasteiger partial charge in [-0.1, -0.05) is 90.7 Å². The maximum absolute atomic E-state index is 13.7. The highest BCUT2D eigenvalue weighted by Gasteiger charge is 2.32. The Bertz CT molecular complexity index is 1140. The maximum Gasteiger partial charge on any atom is 0.261 e. The highest BCUT2D eigenvalue weighted by atomic mass is 16.5. The monoisotopic (exact) mass is 484 g/mol. The number of hydrogen-bond acceptors (Lipinski definition) is 3. The molecular weight excluding hydrogens is 448 g/mol. The van der Waals surface area contributed by atoms with Crippen LogP contribution < -0.4 is 10.1 Å². The van der Waals surface area contributed by atoms with Crippen LogP contribution in [0.15, 0.2) is 78.9 Å². The molecule has 0 heterocycles. The predicted octanol–water partition coefficient (Wildman–Crippen LogP) is 5.38. The van der Waals surface area contributed by atoms with Crippen LogP contribution in [0.5, 0.6) is 5.75 Å². The molecule has 36 heavy (non-hydrogen) atoms. The van der Waals surface area contributed by atoms with Gasteiger partial charge in [0.05, 0.1) is 0 Å². The van der Waals surface area contributed by atoms with Crippen molar-refractivity contribution in [2.45, 2.75) is 64.6 Å². The third-order valence-electron chi connectivity index (χ3n) is 6.79. The third kappa shape index (κ3) is 7.20. The molecule has 1 saturated carbocycles. The normalized spacial score (nSPS) is 14.3. The van der Waals surface area contributed by atoms with E-state index in [0.29, 0.717) is 18.7 Å². The zero-order valence-corrected chi connectivity index (χ0v) is 21.3. The van der Waals surface area contributed by atoms with Crippen molar-refractivity contribution in [1.82, 2.24) is 10.2 Å². The van der Waals surface area contributed by atoms with Crippen LogP contribution in [0.2, 0.25) is 0 Å². The topological polar surface area (TPSA) is 58.6 Å². The standard InChI is InChI=1S/C31H36N2O3/c1-23-15-17-28(18-16-23)36-22-30(34)33(21-26-12-8-9-24(2)19-26)29(20-25-10-4-3-5-11-25)31(35)32-27-13-6-7-14-27/h3-5,8-12,15-19,27,29H,6-7,13-14,20-22H2,1-2H3,(H,32,35). The van der Waals surface area contributed by atoms with E-state index < -0.39 is 6.04 Å². The van der Waals surface area contributed by atoms with Gasteiger partial charge in [0.1, 0.15) is 11.8 Å². The van der Waals surface area contributed by atoms with Crippen LogP contribution in [0.1, 0.15) is 47.9 Å². The average Bonchev–Trinajstić information content (AvgIpc) is 3.39. The van der Waals surface area contributed by atoms with Gasteiger partial charge < -0.3 is 15.0 Å². The molecule has 1 atom stereocenters. The first kappa shape index (κ1) is 25.5. The Kier molecular flexibility index (Phi) is 8.77. The van der Waals surface area contributed by atoms with Crippen LogP contribution in [0, 0.1) is 13.8 Å². The Hall–Kier alpha value is -3.60. The summed E-state index contributed by atoms with van der Waals surface area (Å²) in [6.45, 7) is 4.25. The number of carbonyl (C=O) groups is 2. The van der Waals surface area contributed by atoms with E-state index in [9.17, 15) is 9.59 Å². The second kappa shape index (κ2) is 12.4. The first-order valence-corrected chi connectivity index (χ1v) is 12.9.